The first kappa shape index (κ1) is 15.9. The van der Waals surface area contributed by atoms with E-state index in [1.54, 1.807) is 12.2 Å². The lowest BCUT2D eigenvalue weighted by Gasteiger charge is -1.31. The van der Waals surface area contributed by atoms with Gasteiger partial charge in [0.2, 0.25) is 0 Å². The molecule has 0 aliphatic rings. The molecular weight excluding hydrogens is 100 g/mol. The molecule has 0 saturated carbocycles. The Morgan fingerprint density at radius 3 is 1.00 bits per heavy atom. The summed E-state index contributed by atoms with van der Waals surface area (Å²) in [6.07, 6.45) is 3.50. The van der Waals surface area contributed by atoms with Crippen molar-refractivity contribution >= 4 is 11.0 Å². The molecule has 0 aromatic heterocycles. The molecule has 0 atom stereocenters. The maximum atomic E-state index is 3.36. The van der Waals surface area contributed by atoms with E-state index in [-0.39, 0.29) is 11.0 Å². The summed E-state index contributed by atoms with van der Waals surface area (Å²) in [4.78, 5) is 0. The molecule has 0 heterocycles. The Hall–Kier alpha value is -0.303. The van der Waals surface area contributed by atoms with Crippen molar-refractivity contribution in [3.63, 3.8) is 0 Å². The maximum absolute atomic E-state index is 3.36. The number of hydrogen-bond acceptors (Lipinski definition) is 0. The van der Waals surface area contributed by atoms with Crippen LogP contribution in [0.3, 0.4) is 0 Å². The van der Waals surface area contributed by atoms with E-state index in [2.05, 4.69) is 13.2 Å². The summed E-state index contributed by atoms with van der Waals surface area (Å²) in [5, 5.41) is 0. The van der Waals surface area contributed by atoms with E-state index in [4.69, 9.17) is 0 Å². The second-order valence-electron chi connectivity index (χ2n) is 0.816. The third kappa shape index (κ3) is 847. The van der Waals surface area contributed by atoms with Gasteiger partial charge in [-0.15, -0.1) is 13.2 Å². The lowest BCUT2D eigenvalue weighted by Crippen LogP contribution is -1.07. The van der Waals surface area contributed by atoms with Crippen molar-refractivity contribution in [2.24, 2.45) is 0 Å². The van der Waals surface area contributed by atoms with E-state index in [1.807, 2.05) is 13.8 Å². The van der Waals surface area contributed by atoms with Gasteiger partial charge in [-0.25, -0.2) is 0 Å². The second kappa shape index (κ2) is 43.6. The minimum Gasteiger partial charge on any atom is -0.103 e. The average Bonchev–Trinajstić information content (AvgIpc) is 1.39. The number of rotatable bonds is 0. The molecule has 0 fully saturated rings. The Morgan fingerprint density at radius 2 is 1.00 bits per heavy atom. The lowest BCUT2D eigenvalue weighted by atomic mass is 10.8. The van der Waals surface area contributed by atoms with Gasteiger partial charge >= 0.3 is 0 Å². The van der Waals surface area contributed by atoms with Gasteiger partial charge < -0.3 is 0 Å². The van der Waals surface area contributed by atoms with Crippen molar-refractivity contribution < 1.29 is 0 Å². The van der Waals surface area contributed by atoms with Gasteiger partial charge in [0.1, 0.15) is 0 Å². The van der Waals surface area contributed by atoms with Crippen LogP contribution in [0.1, 0.15) is 13.8 Å². The molecule has 0 spiro atoms. The van der Waals surface area contributed by atoms with Crippen molar-refractivity contribution in [2.45, 2.75) is 13.8 Å². The second-order valence-corrected chi connectivity index (χ2v) is 0.816. The zero-order chi connectivity index (χ0) is 5.41. The first-order valence-electron chi connectivity index (χ1n) is 1.97. The largest absolute Gasteiger partial charge is 0.103 e. The molecule has 4 radical (unpaired) electrons. The van der Waals surface area contributed by atoms with Crippen LogP contribution in [0.15, 0.2) is 25.3 Å². The molecule has 0 unspecified atom stereocenters. The first-order valence-corrected chi connectivity index (χ1v) is 1.97. The molecule has 0 N–H and O–H groups in total. The summed E-state index contributed by atoms with van der Waals surface area (Å²) in [7, 11) is 0. The highest BCUT2D eigenvalue weighted by Gasteiger charge is 1.15. The van der Waals surface area contributed by atoms with Crippen LogP contribution in [0.5, 0.6) is 0 Å². The van der Waals surface area contributed by atoms with E-state index in [0.717, 1.165) is 0 Å². The Bertz CT molecular complexity index is 25.2. The molecule has 0 rings (SSSR count). The SMILES string of the molecule is C=CC.C=CC.[Si]. The van der Waals surface area contributed by atoms with Crippen molar-refractivity contribution in [1.82, 2.24) is 0 Å². The molecule has 0 aromatic rings. The van der Waals surface area contributed by atoms with Crippen LogP contribution in [-0.4, -0.2) is 11.0 Å². The molecule has 0 saturated heterocycles. The van der Waals surface area contributed by atoms with Gasteiger partial charge in [0, 0.05) is 11.0 Å². The van der Waals surface area contributed by atoms with Crippen molar-refractivity contribution in [1.29, 1.82) is 0 Å². The van der Waals surface area contributed by atoms with Gasteiger partial charge in [-0.05, 0) is 13.8 Å². The molecule has 7 heavy (non-hydrogen) atoms. The topological polar surface area (TPSA) is 0 Å². The fourth-order valence-electron chi connectivity index (χ4n) is 0. The monoisotopic (exact) mass is 112 g/mol. The van der Waals surface area contributed by atoms with Gasteiger partial charge in [0.15, 0.2) is 0 Å². The fraction of sp³-hybridized carbons (Fsp3) is 0.333. The van der Waals surface area contributed by atoms with Gasteiger partial charge in [-0.1, -0.05) is 12.2 Å². The predicted molar refractivity (Wildman–Crippen MR) is 37.5 cm³/mol. The van der Waals surface area contributed by atoms with Gasteiger partial charge in [0.25, 0.3) is 0 Å². The zero-order valence-corrected chi connectivity index (χ0v) is 6.07. The van der Waals surface area contributed by atoms with Crippen molar-refractivity contribution in [2.75, 3.05) is 0 Å². The van der Waals surface area contributed by atoms with Gasteiger partial charge in [0.05, 0.1) is 0 Å². The van der Waals surface area contributed by atoms with E-state index in [0.29, 0.717) is 0 Å². The maximum Gasteiger partial charge on any atom is 0 e. The Labute approximate surface area is 51.0 Å². The molecule has 0 nitrogen and oxygen atoms in total. The summed E-state index contributed by atoms with van der Waals surface area (Å²) >= 11 is 0. The lowest BCUT2D eigenvalue weighted by molar-refractivity contribution is 1.80. The van der Waals surface area contributed by atoms with Crippen LogP contribution < -0.4 is 0 Å². The smallest absolute Gasteiger partial charge is 0 e. The molecule has 1 heteroatoms. The van der Waals surface area contributed by atoms with Crippen molar-refractivity contribution in [3.05, 3.63) is 25.3 Å². The van der Waals surface area contributed by atoms with Crippen LogP contribution in [0.4, 0.5) is 0 Å². The van der Waals surface area contributed by atoms with Crippen LogP contribution in [-0.2, 0) is 0 Å². The van der Waals surface area contributed by atoms with E-state index in [9.17, 15) is 0 Å². The summed E-state index contributed by atoms with van der Waals surface area (Å²) < 4.78 is 0. The molecule has 0 bridgehead atoms. The summed E-state index contributed by atoms with van der Waals surface area (Å²) in [6.45, 7) is 10.5. The summed E-state index contributed by atoms with van der Waals surface area (Å²) in [5.41, 5.74) is 0. The van der Waals surface area contributed by atoms with E-state index < -0.39 is 0 Å². The minimum atomic E-state index is 0. The Kier molecular flexibility index (Phi) is 99.2. The highest BCUT2D eigenvalue weighted by Crippen LogP contribution is 1.38. The number of hydrogen-bond donors (Lipinski definition) is 0. The minimum absolute atomic E-state index is 0. The van der Waals surface area contributed by atoms with Crippen LogP contribution >= 0.6 is 0 Å². The average molecular weight is 112 g/mol. The van der Waals surface area contributed by atoms with E-state index >= 15 is 0 Å². The molecule has 40 valence electrons. The quantitative estimate of drug-likeness (QED) is 0.332. The Morgan fingerprint density at radius 1 is 1.00 bits per heavy atom. The van der Waals surface area contributed by atoms with Crippen LogP contribution in [0, 0.1) is 0 Å². The normalized spacial score (nSPS) is 3.71. The highest BCUT2D eigenvalue weighted by molar-refractivity contribution is 5.75. The standard InChI is InChI=1S/2C3H6.Si/c2*1-3-2;/h2*3H,1H2,2H3;. The third-order valence-corrected chi connectivity index (χ3v) is 0. The fourth-order valence-corrected chi connectivity index (χ4v) is 0. The predicted octanol–water partition coefficient (Wildman–Crippen LogP) is 2.00. The first-order chi connectivity index (χ1) is 2.83. The molecule has 0 aromatic carbocycles. The van der Waals surface area contributed by atoms with Gasteiger partial charge in [-0.2, -0.15) is 0 Å². The Balaban J connectivity index is -0.0000000400. The summed E-state index contributed by atoms with van der Waals surface area (Å²) in [5.74, 6) is 0. The number of allylic oxidation sites excluding steroid dienone is 2. The third-order valence-electron chi connectivity index (χ3n) is 0. The molecule has 0 aliphatic carbocycles. The molecule has 0 aliphatic heterocycles. The zero-order valence-electron chi connectivity index (χ0n) is 5.07. The summed E-state index contributed by atoms with van der Waals surface area (Å²) in [6, 6.07) is 0. The van der Waals surface area contributed by atoms with Gasteiger partial charge in [-0.3, -0.25) is 0 Å². The van der Waals surface area contributed by atoms with Crippen LogP contribution in [0.25, 0.3) is 0 Å². The molecule has 0 amide bonds. The molecular formula is C6H12Si. The highest BCUT2D eigenvalue weighted by atomic mass is 28.1. The van der Waals surface area contributed by atoms with Crippen molar-refractivity contribution in [3.8, 4) is 0 Å². The van der Waals surface area contributed by atoms with E-state index in [1.165, 1.54) is 0 Å². The van der Waals surface area contributed by atoms with Crippen LogP contribution in [0.2, 0.25) is 0 Å².